The number of hydrogen-bond donors (Lipinski definition) is 1. The molecule has 0 aliphatic rings. The van der Waals surface area contributed by atoms with Crippen LogP contribution in [0.4, 0.5) is 0 Å². The van der Waals surface area contributed by atoms with E-state index in [4.69, 9.17) is 0 Å². The Kier molecular flexibility index (Phi) is 5.07. The first-order chi connectivity index (χ1) is 7.88. The first-order valence-electron chi connectivity index (χ1n) is 6.43. The second kappa shape index (κ2) is 5.91. The van der Waals surface area contributed by atoms with E-state index < -0.39 is 0 Å². The van der Waals surface area contributed by atoms with Crippen LogP contribution in [-0.4, -0.2) is 16.1 Å². The molecule has 17 heavy (non-hydrogen) atoms. The largest absolute Gasteiger partial charge is 0.309 e. The highest BCUT2D eigenvalue weighted by atomic mass is 32.1. The van der Waals surface area contributed by atoms with E-state index in [1.807, 2.05) is 0 Å². The van der Waals surface area contributed by atoms with Crippen LogP contribution in [0.2, 0.25) is 0 Å². The predicted molar refractivity (Wildman–Crippen MR) is 74.5 cm³/mol. The monoisotopic (exact) mass is 255 g/mol. The van der Waals surface area contributed by atoms with Gasteiger partial charge in [0, 0.05) is 6.04 Å². The van der Waals surface area contributed by atoms with Crippen molar-refractivity contribution in [3.8, 4) is 0 Å². The molecule has 0 amide bonds. The summed E-state index contributed by atoms with van der Waals surface area (Å²) in [6, 6.07) is 0.347. The lowest BCUT2D eigenvalue weighted by molar-refractivity contribution is 0.275. The molecule has 0 fully saturated rings. The third-order valence-corrected chi connectivity index (χ3v) is 3.62. The molecule has 0 spiro atoms. The topological polar surface area (TPSA) is 37.8 Å². The molecule has 0 aliphatic heterocycles. The van der Waals surface area contributed by atoms with Crippen LogP contribution in [-0.2, 0) is 0 Å². The first-order valence-corrected chi connectivity index (χ1v) is 7.20. The summed E-state index contributed by atoms with van der Waals surface area (Å²) >= 11 is 1.54. The van der Waals surface area contributed by atoms with Crippen molar-refractivity contribution in [2.45, 2.75) is 59.9 Å². The van der Waals surface area contributed by atoms with E-state index >= 15 is 0 Å². The molecule has 1 rings (SSSR count). The summed E-state index contributed by atoms with van der Waals surface area (Å²) in [5.41, 5.74) is 1.34. The van der Waals surface area contributed by atoms with Crippen molar-refractivity contribution < 1.29 is 0 Å². The van der Waals surface area contributed by atoms with Gasteiger partial charge in [-0.15, -0.1) is 5.10 Å². The Bertz CT molecular complexity index is 339. The third kappa shape index (κ3) is 3.75. The third-order valence-electron chi connectivity index (χ3n) is 2.81. The van der Waals surface area contributed by atoms with Crippen molar-refractivity contribution in [3.63, 3.8) is 0 Å². The maximum atomic E-state index is 4.29. The molecular formula is C13H25N3S. The van der Waals surface area contributed by atoms with Gasteiger partial charge in [0.05, 0.1) is 10.6 Å². The lowest BCUT2D eigenvalue weighted by atomic mass is 9.84. The summed E-state index contributed by atoms with van der Waals surface area (Å²) in [5.74, 6) is 0.442. The molecule has 0 saturated carbocycles. The Morgan fingerprint density at radius 2 is 1.94 bits per heavy atom. The van der Waals surface area contributed by atoms with Gasteiger partial charge in [0.2, 0.25) is 0 Å². The van der Waals surface area contributed by atoms with Crippen molar-refractivity contribution in [2.24, 2.45) is 5.41 Å². The van der Waals surface area contributed by atoms with Gasteiger partial charge in [0.25, 0.3) is 0 Å². The molecule has 4 heteroatoms. The molecule has 1 atom stereocenters. The van der Waals surface area contributed by atoms with E-state index in [9.17, 15) is 0 Å². The lowest BCUT2D eigenvalue weighted by Crippen LogP contribution is -2.33. The van der Waals surface area contributed by atoms with E-state index in [0.717, 1.165) is 18.7 Å². The molecule has 1 unspecified atom stereocenters. The summed E-state index contributed by atoms with van der Waals surface area (Å²) in [7, 11) is 0. The van der Waals surface area contributed by atoms with Gasteiger partial charge in [0.15, 0.2) is 0 Å². The fraction of sp³-hybridized carbons (Fsp3) is 0.846. The van der Waals surface area contributed by atoms with Crippen LogP contribution < -0.4 is 5.32 Å². The number of nitrogens with zero attached hydrogens (tertiary/aromatic N) is 2. The van der Waals surface area contributed by atoms with Crippen LogP contribution in [0.3, 0.4) is 0 Å². The minimum Gasteiger partial charge on any atom is -0.309 e. The Labute approximate surface area is 109 Å². The second-order valence-electron chi connectivity index (χ2n) is 5.93. The highest BCUT2D eigenvalue weighted by Gasteiger charge is 2.30. The molecule has 1 aromatic rings. The van der Waals surface area contributed by atoms with Gasteiger partial charge in [-0.1, -0.05) is 46.0 Å². The summed E-state index contributed by atoms with van der Waals surface area (Å²) < 4.78 is 4.14. The molecular weight excluding hydrogens is 230 g/mol. The number of hydrogen-bond acceptors (Lipinski definition) is 4. The zero-order valence-electron chi connectivity index (χ0n) is 11.9. The summed E-state index contributed by atoms with van der Waals surface area (Å²) in [4.78, 5) is 1.31. The average Bonchev–Trinajstić information content (AvgIpc) is 2.65. The lowest BCUT2D eigenvalue weighted by Gasteiger charge is -2.31. The normalized spacial score (nSPS) is 14.3. The van der Waals surface area contributed by atoms with Gasteiger partial charge in [0.1, 0.15) is 0 Å². The molecule has 0 radical (unpaired) electrons. The van der Waals surface area contributed by atoms with Crippen molar-refractivity contribution >= 4 is 11.5 Å². The standard InChI is InChI=1S/C13H25N3S/c1-7-8-14-12(13(4,5)6)11-10(9(2)3)15-16-17-11/h9,12,14H,7-8H2,1-6H3. The number of nitrogens with one attached hydrogen (secondary N) is 1. The van der Waals surface area contributed by atoms with Crippen LogP contribution >= 0.6 is 11.5 Å². The fourth-order valence-electron chi connectivity index (χ4n) is 1.89. The summed E-state index contributed by atoms with van der Waals surface area (Å²) in [6.45, 7) is 14.4. The quantitative estimate of drug-likeness (QED) is 0.870. The minimum absolute atomic E-state index is 0.188. The molecule has 1 aromatic heterocycles. The Morgan fingerprint density at radius 3 is 2.41 bits per heavy atom. The highest BCUT2D eigenvalue weighted by Crippen LogP contribution is 2.37. The summed E-state index contributed by atoms with van der Waals surface area (Å²) in [5, 5.41) is 7.92. The van der Waals surface area contributed by atoms with E-state index in [1.165, 1.54) is 16.4 Å². The van der Waals surface area contributed by atoms with Crippen LogP contribution in [0, 0.1) is 5.41 Å². The van der Waals surface area contributed by atoms with Crippen molar-refractivity contribution in [1.82, 2.24) is 14.9 Å². The van der Waals surface area contributed by atoms with Crippen LogP contribution in [0.25, 0.3) is 0 Å². The molecule has 0 saturated heterocycles. The van der Waals surface area contributed by atoms with Crippen molar-refractivity contribution in [2.75, 3.05) is 6.54 Å². The van der Waals surface area contributed by atoms with Gasteiger partial charge < -0.3 is 5.32 Å². The Morgan fingerprint density at radius 1 is 1.29 bits per heavy atom. The fourth-order valence-corrected chi connectivity index (χ4v) is 3.01. The minimum atomic E-state index is 0.188. The molecule has 0 aliphatic carbocycles. The van der Waals surface area contributed by atoms with E-state index in [2.05, 4.69) is 56.4 Å². The summed E-state index contributed by atoms with van der Waals surface area (Å²) in [6.07, 6.45) is 1.15. The average molecular weight is 255 g/mol. The smallest absolute Gasteiger partial charge is 0.0829 e. The maximum absolute atomic E-state index is 4.29. The van der Waals surface area contributed by atoms with Crippen LogP contribution in [0.1, 0.15) is 70.5 Å². The highest BCUT2D eigenvalue weighted by molar-refractivity contribution is 7.05. The van der Waals surface area contributed by atoms with Gasteiger partial charge in [-0.05, 0) is 35.8 Å². The zero-order chi connectivity index (χ0) is 13.1. The molecule has 0 bridgehead atoms. The molecule has 1 heterocycles. The molecule has 3 nitrogen and oxygen atoms in total. The zero-order valence-corrected chi connectivity index (χ0v) is 12.7. The van der Waals surface area contributed by atoms with Crippen LogP contribution in [0.15, 0.2) is 0 Å². The van der Waals surface area contributed by atoms with E-state index in [-0.39, 0.29) is 5.41 Å². The molecule has 98 valence electrons. The van der Waals surface area contributed by atoms with Gasteiger partial charge in [-0.3, -0.25) is 0 Å². The van der Waals surface area contributed by atoms with Crippen LogP contribution in [0.5, 0.6) is 0 Å². The molecule has 0 aromatic carbocycles. The van der Waals surface area contributed by atoms with E-state index in [1.54, 1.807) is 0 Å². The molecule has 1 N–H and O–H groups in total. The predicted octanol–water partition coefficient (Wildman–Crippen LogP) is 3.75. The second-order valence-corrected chi connectivity index (χ2v) is 6.72. The SMILES string of the molecule is CCCNC(c1snnc1C(C)C)C(C)(C)C. The maximum Gasteiger partial charge on any atom is 0.0829 e. The number of aromatic nitrogens is 2. The van der Waals surface area contributed by atoms with Gasteiger partial charge in [-0.25, -0.2) is 0 Å². The van der Waals surface area contributed by atoms with Crippen molar-refractivity contribution in [3.05, 3.63) is 10.6 Å². The Hall–Kier alpha value is -0.480. The van der Waals surface area contributed by atoms with Gasteiger partial charge >= 0.3 is 0 Å². The van der Waals surface area contributed by atoms with E-state index in [0.29, 0.717) is 12.0 Å². The van der Waals surface area contributed by atoms with Crippen molar-refractivity contribution in [1.29, 1.82) is 0 Å². The van der Waals surface area contributed by atoms with Gasteiger partial charge in [-0.2, -0.15) is 0 Å². The Balaban J connectivity index is 3.00. The first kappa shape index (κ1) is 14.6. The number of rotatable bonds is 5.